The molecule has 2 rings (SSSR count). The zero-order valence-corrected chi connectivity index (χ0v) is 10.8. The number of carbonyl (C=O) groups excluding carboxylic acids is 1. The van der Waals surface area contributed by atoms with Crippen LogP contribution >= 0.6 is 23.2 Å². The zero-order valence-electron chi connectivity index (χ0n) is 9.31. The Morgan fingerprint density at radius 2 is 2.06 bits per heavy atom. The number of pyridine rings is 1. The van der Waals surface area contributed by atoms with Gasteiger partial charge in [-0.3, -0.25) is 9.78 Å². The van der Waals surface area contributed by atoms with Gasteiger partial charge in [0.2, 0.25) is 0 Å². The first-order chi connectivity index (χ1) is 8.66. The average Bonchev–Trinajstić information content (AvgIpc) is 2.40. The van der Waals surface area contributed by atoms with Crippen LogP contribution in [-0.2, 0) is 0 Å². The van der Waals surface area contributed by atoms with Crippen molar-refractivity contribution in [3.05, 3.63) is 70.0 Å². The summed E-state index contributed by atoms with van der Waals surface area (Å²) in [5, 5.41) is 0.873. The lowest BCUT2D eigenvalue weighted by atomic mass is 10.1. The summed E-state index contributed by atoms with van der Waals surface area (Å²) in [7, 11) is 0. The third-order valence-electron chi connectivity index (χ3n) is 2.31. The first-order valence-corrected chi connectivity index (χ1v) is 6.00. The number of ketones is 1. The molecule has 0 bridgehead atoms. The van der Waals surface area contributed by atoms with Crippen molar-refractivity contribution in [2.75, 3.05) is 0 Å². The lowest BCUT2D eigenvalue weighted by Crippen LogP contribution is -1.95. The van der Waals surface area contributed by atoms with Gasteiger partial charge in [0, 0.05) is 23.0 Å². The predicted molar refractivity (Wildman–Crippen MR) is 74.1 cm³/mol. The first-order valence-electron chi connectivity index (χ1n) is 5.24. The monoisotopic (exact) mass is 277 g/mol. The molecule has 4 heteroatoms. The quantitative estimate of drug-likeness (QED) is 0.619. The van der Waals surface area contributed by atoms with Gasteiger partial charge in [-0.1, -0.05) is 29.3 Å². The molecular weight excluding hydrogens is 269 g/mol. The summed E-state index contributed by atoms with van der Waals surface area (Å²) >= 11 is 11.8. The SMILES string of the molecule is O=C(/C=C/c1cccnc1)c1cc(Cl)ccc1Cl. The normalized spacial score (nSPS) is 10.8. The van der Waals surface area contributed by atoms with Crippen LogP contribution in [0, 0.1) is 0 Å². The third-order valence-corrected chi connectivity index (χ3v) is 2.87. The largest absolute Gasteiger partial charge is 0.289 e. The maximum absolute atomic E-state index is 11.9. The Balaban J connectivity index is 2.22. The van der Waals surface area contributed by atoms with Crippen LogP contribution in [0.25, 0.3) is 6.08 Å². The second kappa shape index (κ2) is 5.80. The van der Waals surface area contributed by atoms with Gasteiger partial charge >= 0.3 is 0 Å². The number of halogens is 2. The van der Waals surface area contributed by atoms with E-state index in [0.717, 1.165) is 5.56 Å². The Morgan fingerprint density at radius 3 is 2.78 bits per heavy atom. The van der Waals surface area contributed by atoms with E-state index < -0.39 is 0 Å². The molecule has 0 aliphatic rings. The van der Waals surface area contributed by atoms with Gasteiger partial charge in [0.05, 0.1) is 5.02 Å². The van der Waals surface area contributed by atoms with Gasteiger partial charge in [-0.05, 0) is 42.0 Å². The molecule has 0 radical (unpaired) electrons. The minimum Gasteiger partial charge on any atom is -0.289 e. The Hall–Kier alpha value is -1.64. The molecule has 0 unspecified atom stereocenters. The minimum absolute atomic E-state index is 0.189. The van der Waals surface area contributed by atoms with Crippen LogP contribution < -0.4 is 0 Å². The van der Waals surface area contributed by atoms with Gasteiger partial charge in [-0.25, -0.2) is 0 Å². The predicted octanol–water partition coefficient (Wildman–Crippen LogP) is 4.28. The molecule has 1 aromatic carbocycles. The molecule has 2 nitrogen and oxygen atoms in total. The van der Waals surface area contributed by atoms with Crippen LogP contribution in [0.5, 0.6) is 0 Å². The maximum Gasteiger partial charge on any atom is 0.187 e. The van der Waals surface area contributed by atoms with E-state index in [1.54, 1.807) is 42.7 Å². The Bertz CT molecular complexity index is 594. The van der Waals surface area contributed by atoms with Crippen molar-refractivity contribution < 1.29 is 4.79 Å². The molecule has 0 spiro atoms. The molecule has 0 saturated heterocycles. The van der Waals surface area contributed by atoms with Crippen LogP contribution in [0.2, 0.25) is 10.0 Å². The number of nitrogens with zero attached hydrogens (tertiary/aromatic N) is 1. The Labute approximate surface area is 115 Å². The van der Waals surface area contributed by atoms with E-state index >= 15 is 0 Å². The van der Waals surface area contributed by atoms with Gasteiger partial charge < -0.3 is 0 Å². The molecule has 0 amide bonds. The molecule has 0 fully saturated rings. The van der Waals surface area contributed by atoms with Crippen molar-refractivity contribution >= 4 is 35.1 Å². The number of hydrogen-bond acceptors (Lipinski definition) is 2. The lowest BCUT2D eigenvalue weighted by molar-refractivity contribution is 0.104. The highest BCUT2D eigenvalue weighted by atomic mass is 35.5. The van der Waals surface area contributed by atoms with Gasteiger partial charge in [-0.2, -0.15) is 0 Å². The Kier molecular flexibility index (Phi) is 4.13. The Morgan fingerprint density at radius 1 is 1.22 bits per heavy atom. The molecule has 1 heterocycles. The highest BCUT2D eigenvalue weighted by Gasteiger charge is 2.07. The van der Waals surface area contributed by atoms with Crippen molar-refractivity contribution in [2.45, 2.75) is 0 Å². The smallest absolute Gasteiger partial charge is 0.187 e. The number of carbonyl (C=O) groups is 1. The number of hydrogen-bond donors (Lipinski definition) is 0. The summed E-state index contributed by atoms with van der Waals surface area (Å²) in [5.41, 5.74) is 1.24. The highest BCUT2D eigenvalue weighted by molar-refractivity contribution is 6.36. The fourth-order valence-electron chi connectivity index (χ4n) is 1.42. The number of aromatic nitrogens is 1. The van der Waals surface area contributed by atoms with Gasteiger partial charge in [0.1, 0.15) is 0 Å². The molecule has 1 aromatic heterocycles. The fraction of sp³-hybridized carbons (Fsp3) is 0. The molecule has 2 aromatic rings. The summed E-state index contributed by atoms with van der Waals surface area (Å²) in [5.74, 6) is -0.189. The molecule has 90 valence electrons. The topological polar surface area (TPSA) is 30.0 Å². The van der Waals surface area contributed by atoms with E-state index in [4.69, 9.17) is 23.2 Å². The van der Waals surface area contributed by atoms with E-state index in [0.29, 0.717) is 15.6 Å². The molecule has 0 aliphatic heterocycles. The molecular formula is C14H9Cl2NO. The van der Waals surface area contributed by atoms with Crippen LogP contribution in [0.3, 0.4) is 0 Å². The first kappa shape index (κ1) is 12.8. The summed E-state index contributed by atoms with van der Waals surface area (Å²) in [4.78, 5) is 15.9. The molecule has 0 atom stereocenters. The second-order valence-electron chi connectivity index (χ2n) is 3.61. The van der Waals surface area contributed by atoms with Crippen molar-refractivity contribution in [3.63, 3.8) is 0 Å². The summed E-state index contributed by atoms with van der Waals surface area (Å²) in [6.07, 6.45) is 6.48. The van der Waals surface area contributed by atoms with Gasteiger partial charge in [0.15, 0.2) is 5.78 Å². The van der Waals surface area contributed by atoms with Crippen LogP contribution in [0.4, 0.5) is 0 Å². The van der Waals surface area contributed by atoms with Crippen LogP contribution in [0.15, 0.2) is 48.8 Å². The second-order valence-corrected chi connectivity index (χ2v) is 4.45. The molecule has 0 aliphatic carbocycles. The highest BCUT2D eigenvalue weighted by Crippen LogP contribution is 2.21. The van der Waals surface area contributed by atoms with E-state index in [1.807, 2.05) is 6.07 Å². The van der Waals surface area contributed by atoms with E-state index in [2.05, 4.69) is 4.98 Å². The number of allylic oxidation sites excluding steroid dienone is 1. The summed E-state index contributed by atoms with van der Waals surface area (Å²) < 4.78 is 0. The van der Waals surface area contributed by atoms with Crippen molar-refractivity contribution in [1.82, 2.24) is 4.98 Å². The van der Waals surface area contributed by atoms with Gasteiger partial charge in [0.25, 0.3) is 0 Å². The van der Waals surface area contributed by atoms with Crippen LogP contribution in [0.1, 0.15) is 15.9 Å². The number of benzene rings is 1. The maximum atomic E-state index is 11.9. The van der Waals surface area contributed by atoms with E-state index in [-0.39, 0.29) is 5.78 Å². The lowest BCUT2D eigenvalue weighted by Gasteiger charge is -2.00. The van der Waals surface area contributed by atoms with Gasteiger partial charge in [-0.15, -0.1) is 0 Å². The van der Waals surface area contributed by atoms with E-state index in [1.165, 1.54) is 6.08 Å². The van der Waals surface area contributed by atoms with Crippen molar-refractivity contribution in [2.24, 2.45) is 0 Å². The number of rotatable bonds is 3. The summed E-state index contributed by atoms with van der Waals surface area (Å²) in [6.45, 7) is 0. The van der Waals surface area contributed by atoms with E-state index in [9.17, 15) is 4.79 Å². The standard InChI is InChI=1S/C14H9Cl2NO/c15-11-4-5-13(16)12(8-11)14(18)6-3-10-2-1-7-17-9-10/h1-9H/b6-3+. The molecule has 0 saturated carbocycles. The van der Waals surface area contributed by atoms with Crippen LogP contribution in [-0.4, -0.2) is 10.8 Å². The average molecular weight is 278 g/mol. The third kappa shape index (κ3) is 3.19. The molecule has 18 heavy (non-hydrogen) atoms. The van der Waals surface area contributed by atoms with Crippen molar-refractivity contribution in [1.29, 1.82) is 0 Å². The van der Waals surface area contributed by atoms with Crippen molar-refractivity contribution in [3.8, 4) is 0 Å². The summed E-state index contributed by atoms with van der Waals surface area (Å²) in [6, 6.07) is 8.47. The fourth-order valence-corrected chi connectivity index (χ4v) is 1.81. The zero-order chi connectivity index (χ0) is 13.0. The molecule has 0 N–H and O–H groups in total. The minimum atomic E-state index is -0.189.